The fraction of sp³-hybridized carbons (Fsp3) is 0.357. The van der Waals surface area contributed by atoms with Gasteiger partial charge in [-0.2, -0.15) is 0 Å². The van der Waals surface area contributed by atoms with Gasteiger partial charge in [-0.1, -0.05) is 11.8 Å². The van der Waals surface area contributed by atoms with Gasteiger partial charge in [-0.15, -0.1) is 0 Å². The average Bonchev–Trinajstić information content (AvgIpc) is 2.93. The van der Waals surface area contributed by atoms with E-state index in [-0.39, 0.29) is 18.4 Å². The average molecular weight is 261 g/mol. The molecule has 1 fully saturated rings. The lowest BCUT2D eigenvalue weighted by molar-refractivity contribution is 0.222. The molecule has 0 aromatic heterocycles. The number of hydrogen-bond acceptors (Lipinski definition) is 2. The summed E-state index contributed by atoms with van der Waals surface area (Å²) in [5, 5.41) is 2.77. The minimum atomic E-state index is -0.388. The zero-order valence-corrected chi connectivity index (χ0v) is 10.6. The van der Waals surface area contributed by atoms with E-state index in [9.17, 15) is 9.18 Å². The molecule has 1 saturated heterocycles. The lowest BCUT2D eigenvalue weighted by Gasteiger charge is -2.16. The largest absolute Gasteiger partial charge is 0.325 e. The quantitative estimate of drug-likeness (QED) is 0.757. The van der Waals surface area contributed by atoms with Gasteiger partial charge in [0, 0.05) is 13.1 Å². The lowest BCUT2D eigenvalue weighted by atomic mass is 10.1. The molecule has 19 heavy (non-hydrogen) atoms. The fourth-order valence-electron chi connectivity index (χ4n) is 1.99. The number of anilines is 1. The van der Waals surface area contributed by atoms with Crippen molar-refractivity contribution < 1.29 is 9.18 Å². The number of rotatable bonds is 1. The van der Waals surface area contributed by atoms with Gasteiger partial charge in [-0.3, -0.25) is 0 Å². The highest BCUT2D eigenvalue weighted by atomic mass is 19.1. The van der Waals surface area contributed by atoms with E-state index in [1.807, 2.05) is 0 Å². The maximum Gasteiger partial charge on any atom is 0.321 e. The summed E-state index contributed by atoms with van der Waals surface area (Å²) >= 11 is 0. The first-order valence-corrected chi connectivity index (χ1v) is 6.25. The van der Waals surface area contributed by atoms with Crippen LogP contribution in [0.2, 0.25) is 0 Å². The van der Waals surface area contributed by atoms with Crippen molar-refractivity contribution in [1.29, 1.82) is 0 Å². The molecule has 1 aliphatic rings. The highest BCUT2D eigenvalue weighted by Gasteiger charge is 2.18. The highest BCUT2D eigenvalue weighted by Crippen LogP contribution is 2.18. The van der Waals surface area contributed by atoms with Crippen LogP contribution in [0.15, 0.2) is 18.2 Å². The smallest absolute Gasteiger partial charge is 0.321 e. The molecule has 1 aromatic carbocycles. The predicted molar refractivity (Wildman–Crippen MR) is 72.2 cm³/mol. The third-order valence-electron chi connectivity index (χ3n) is 2.94. The molecule has 1 aliphatic heterocycles. The van der Waals surface area contributed by atoms with Crippen LogP contribution in [0.5, 0.6) is 0 Å². The number of halogens is 1. The third kappa shape index (κ3) is 3.46. The van der Waals surface area contributed by atoms with Crippen LogP contribution in [-0.2, 0) is 0 Å². The van der Waals surface area contributed by atoms with Crippen molar-refractivity contribution in [3.8, 4) is 11.8 Å². The van der Waals surface area contributed by atoms with E-state index in [1.165, 1.54) is 18.2 Å². The summed E-state index contributed by atoms with van der Waals surface area (Å²) in [6.07, 6.45) is 2.05. The summed E-state index contributed by atoms with van der Waals surface area (Å²) in [5.41, 5.74) is 6.26. The SMILES string of the molecule is NCC#Cc1cc(F)ccc1NC(=O)N1CCCC1. The second-order valence-electron chi connectivity index (χ2n) is 4.32. The zero-order chi connectivity index (χ0) is 13.7. The molecule has 2 amide bonds. The lowest BCUT2D eigenvalue weighted by Crippen LogP contribution is -2.32. The van der Waals surface area contributed by atoms with E-state index in [0.717, 1.165) is 25.9 Å². The summed E-state index contributed by atoms with van der Waals surface area (Å²) in [4.78, 5) is 13.7. The number of hydrogen-bond donors (Lipinski definition) is 2. The Morgan fingerprint density at radius 2 is 2.16 bits per heavy atom. The third-order valence-corrected chi connectivity index (χ3v) is 2.94. The number of carbonyl (C=O) groups is 1. The van der Waals surface area contributed by atoms with Gasteiger partial charge in [0.2, 0.25) is 0 Å². The van der Waals surface area contributed by atoms with Crippen LogP contribution < -0.4 is 11.1 Å². The van der Waals surface area contributed by atoms with Gasteiger partial charge in [0.25, 0.3) is 0 Å². The molecule has 1 heterocycles. The number of benzene rings is 1. The molecule has 0 atom stereocenters. The van der Waals surface area contributed by atoms with E-state index >= 15 is 0 Å². The predicted octanol–water partition coefficient (Wildman–Crippen LogP) is 1.76. The molecular weight excluding hydrogens is 245 g/mol. The van der Waals surface area contributed by atoms with E-state index in [2.05, 4.69) is 17.2 Å². The molecular formula is C14H16FN3O. The Labute approximate surface area is 111 Å². The van der Waals surface area contributed by atoms with Crippen LogP contribution >= 0.6 is 0 Å². The second kappa shape index (κ2) is 6.21. The number of urea groups is 1. The van der Waals surface area contributed by atoms with Gasteiger partial charge in [-0.25, -0.2) is 9.18 Å². The molecule has 1 aromatic rings. The Balaban J connectivity index is 2.16. The molecule has 0 unspecified atom stereocenters. The number of carbonyl (C=O) groups excluding carboxylic acids is 1. The van der Waals surface area contributed by atoms with E-state index < -0.39 is 0 Å². The molecule has 0 aliphatic carbocycles. The summed E-state index contributed by atoms with van der Waals surface area (Å²) in [7, 11) is 0. The molecule has 4 nitrogen and oxygen atoms in total. The minimum absolute atomic E-state index is 0.167. The summed E-state index contributed by atoms with van der Waals surface area (Å²) in [6.45, 7) is 1.71. The van der Waals surface area contributed by atoms with E-state index in [0.29, 0.717) is 11.3 Å². The maximum absolute atomic E-state index is 13.2. The number of likely N-dealkylation sites (tertiary alicyclic amines) is 1. The van der Waals surface area contributed by atoms with Gasteiger partial charge in [-0.05, 0) is 31.0 Å². The van der Waals surface area contributed by atoms with Crippen LogP contribution in [0.25, 0.3) is 0 Å². The Hall–Kier alpha value is -2.06. The summed E-state index contributed by atoms with van der Waals surface area (Å²) < 4.78 is 13.2. The minimum Gasteiger partial charge on any atom is -0.325 e. The van der Waals surface area contributed by atoms with Crippen molar-refractivity contribution in [3.63, 3.8) is 0 Å². The van der Waals surface area contributed by atoms with Gasteiger partial charge in [0.05, 0.1) is 17.8 Å². The van der Waals surface area contributed by atoms with Crippen molar-refractivity contribution in [1.82, 2.24) is 4.90 Å². The molecule has 2 rings (SSSR count). The Morgan fingerprint density at radius 1 is 1.42 bits per heavy atom. The Morgan fingerprint density at radius 3 is 2.84 bits per heavy atom. The standard InChI is InChI=1S/C14H16FN3O/c15-12-5-6-13(11(10-12)4-3-7-16)17-14(19)18-8-1-2-9-18/h5-6,10H,1-2,7-9,16H2,(H,17,19). The second-order valence-corrected chi connectivity index (χ2v) is 4.32. The van der Waals surface area contributed by atoms with Crippen LogP contribution in [0, 0.1) is 17.7 Å². The molecule has 5 heteroatoms. The number of nitrogens with one attached hydrogen (secondary N) is 1. The normalized spacial score (nSPS) is 13.9. The molecule has 0 bridgehead atoms. The van der Waals surface area contributed by atoms with E-state index in [1.54, 1.807) is 4.90 Å². The molecule has 0 saturated carbocycles. The highest BCUT2D eigenvalue weighted by molar-refractivity contribution is 5.91. The van der Waals surface area contributed by atoms with E-state index in [4.69, 9.17) is 5.73 Å². The summed E-state index contributed by atoms with van der Waals surface area (Å²) in [6, 6.07) is 3.94. The topological polar surface area (TPSA) is 58.4 Å². The maximum atomic E-state index is 13.2. The molecule has 3 N–H and O–H groups in total. The van der Waals surface area contributed by atoms with Crippen molar-refractivity contribution in [2.45, 2.75) is 12.8 Å². The fourth-order valence-corrected chi connectivity index (χ4v) is 1.99. The first-order valence-electron chi connectivity index (χ1n) is 6.25. The van der Waals surface area contributed by atoms with Crippen LogP contribution in [0.4, 0.5) is 14.9 Å². The van der Waals surface area contributed by atoms with Crippen molar-refractivity contribution in [2.75, 3.05) is 25.0 Å². The van der Waals surface area contributed by atoms with Crippen molar-refractivity contribution in [2.24, 2.45) is 5.73 Å². The first-order chi connectivity index (χ1) is 9.20. The van der Waals surface area contributed by atoms with Crippen LogP contribution in [-0.4, -0.2) is 30.6 Å². The molecule has 0 radical (unpaired) electrons. The zero-order valence-electron chi connectivity index (χ0n) is 10.6. The van der Waals surface area contributed by atoms with Gasteiger partial charge < -0.3 is 16.0 Å². The van der Waals surface area contributed by atoms with Crippen LogP contribution in [0.3, 0.4) is 0 Å². The van der Waals surface area contributed by atoms with Crippen molar-refractivity contribution >= 4 is 11.7 Å². The van der Waals surface area contributed by atoms with Gasteiger partial charge >= 0.3 is 6.03 Å². The van der Waals surface area contributed by atoms with Gasteiger partial charge in [0.15, 0.2) is 0 Å². The number of nitrogens with zero attached hydrogens (tertiary/aromatic N) is 1. The monoisotopic (exact) mass is 261 g/mol. The number of nitrogens with two attached hydrogens (primary N) is 1. The molecule has 100 valence electrons. The van der Waals surface area contributed by atoms with Gasteiger partial charge in [0.1, 0.15) is 5.82 Å². The molecule has 0 spiro atoms. The van der Waals surface area contributed by atoms with Crippen LogP contribution in [0.1, 0.15) is 18.4 Å². The van der Waals surface area contributed by atoms with Crippen molar-refractivity contribution in [3.05, 3.63) is 29.6 Å². The Bertz CT molecular complexity index is 527. The first kappa shape index (κ1) is 13.4. The summed E-state index contributed by atoms with van der Waals surface area (Å²) in [5.74, 6) is 5.03. The Kier molecular flexibility index (Phi) is 4.37. The number of amides is 2.